The molecule has 6 rings (SSSR count). The SMILES string of the molecule is Clc1ccc2c(c1)C1(CC3CCC4CC3CC1C4)c1cc(Cl)ccc1-2. The summed E-state index contributed by atoms with van der Waals surface area (Å²) in [5, 5.41) is 1.75. The van der Waals surface area contributed by atoms with Crippen LogP contribution in [-0.2, 0) is 5.41 Å². The highest BCUT2D eigenvalue weighted by Gasteiger charge is 2.57. The number of rotatable bonds is 0. The fourth-order valence-electron chi connectivity index (χ4n) is 7.09. The number of halogens is 2. The third-order valence-electron chi connectivity index (χ3n) is 7.95. The lowest BCUT2D eigenvalue weighted by atomic mass is 9.47. The molecule has 4 unspecified atom stereocenters. The maximum atomic E-state index is 6.49. The van der Waals surface area contributed by atoms with E-state index in [1.165, 1.54) is 60.8 Å². The maximum absolute atomic E-state index is 6.49. The summed E-state index contributed by atoms with van der Waals surface area (Å²) in [5.74, 6) is 3.55. The van der Waals surface area contributed by atoms with Gasteiger partial charge in [0, 0.05) is 15.5 Å². The first-order chi connectivity index (χ1) is 12.1. The molecule has 128 valence electrons. The van der Waals surface area contributed by atoms with E-state index < -0.39 is 0 Å². The second-order valence-electron chi connectivity index (χ2n) is 8.92. The van der Waals surface area contributed by atoms with E-state index in [4.69, 9.17) is 23.2 Å². The highest BCUT2D eigenvalue weighted by molar-refractivity contribution is 6.31. The minimum absolute atomic E-state index is 0.153. The summed E-state index contributed by atoms with van der Waals surface area (Å²) in [5.41, 5.74) is 5.94. The van der Waals surface area contributed by atoms with Crippen molar-refractivity contribution in [3.63, 3.8) is 0 Å². The Hall–Kier alpha value is -0.980. The van der Waals surface area contributed by atoms with Crippen LogP contribution < -0.4 is 0 Å². The summed E-state index contributed by atoms with van der Waals surface area (Å²) >= 11 is 13.0. The minimum Gasteiger partial charge on any atom is -0.0843 e. The molecule has 2 aromatic carbocycles. The van der Waals surface area contributed by atoms with Crippen molar-refractivity contribution in [1.82, 2.24) is 0 Å². The highest BCUT2D eigenvalue weighted by atomic mass is 35.5. The second kappa shape index (κ2) is 5.05. The lowest BCUT2D eigenvalue weighted by Crippen LogP contribution is -2.50. The van der Waals surface area contributed by atoms with Crippen molar-refractivity contribution >= 4 is 23.2 Å². The first-order valence-corrected chi connectivity index (χ1v) is 10.5. The van der Waals surface area contributed by atoms with Gasteiger partial charge in [-0.15, -0.1) is 0 Å². The van der Waals surface area contributed by atoms with E-state index >= 15 is 0 Å². The van der Waals surface area contributed by atoms with E-state index in [-0.39, 0.29) is 5.41 Å². The lowest BCUT2D eigenvalue weighted by molar-refractivity contribution is -0.0103. The fourth-order valence-corrected chi connectivity index (χ4v) is 7.43. The monoisotopic (exact) mass is 368 g/mol. The Morgan fingerprint density at radius 3 is 2.12 bits per heavy atom. The van der Waals surface area contributed by atoms with Crippen molar-refractivity contribution in [3.8, 4) is 11.1 Å². The Morgan fingerprint density at radius 2 is 1.44 bits per heavy atom. The maximum Gasteiger partial charge on any atom is 0.0409 e. The Kier molecular flexibility index (Phi) is 3.05. The standard InChI is InChI=1S/C23H22Cl2/c24-17-3-5-19-20-6-4-18(25)11-22(20)23(21(19)10-17)12-14-2-1-13-7-15(14)9-16(23)8-13/h3-6,10-11,13-16H,1-2,7-9,12H2. The third kappa shape index (κ3) is 1.91. The van der Waals surface area contributed by atoms with Gasteiger partial charge >= 0.3 is 0 Å². The molecule has 4 atom stereocenters. The third-order valence-corrected chi connectivity index (χ3v) is 8.42. The molecular formula is C23H22Cl2. The summed E-state index contributed by atoms with van der Waals surface area (Å²) in [6, 6.07) is 13.1. The zero-order valence-corrected chi connectivity index (χ0v) is 15.8. The van der Waals surface area contributed by atoms with Crippen LogP contribution in [0.4, 0.5) is 0 Å². The molecule has 0 aromatic heterocycles. The average Bonchev–Trinajstić information content (AvgIpc) is 2.86. The fraction of sp³-hybridized carbons (Fsp3) is 0.478. The predicted octanol–water partition coefficient (Wildman–Crippen LogP) is 7.11. The van der Waals surface area contributed by atoms with E-state index in [0.717, 1.165) is 33.7 Å². The highest BCUT2D eigenvalue weighted by Crippen LogP contribution is 2.66. The summed E-state index contributed by atoms with van der Waals surface area (Å²) in [6.07, 6.45) is 8.46. The van der Waals surface area contributed by atoms with E-state index in [1.807, 2.05) is 0 Å². The van der Waals surface area contributed by atoms with Crippen molar-refractivity contribution in [2.24, 2.45) is 23.7 Å². The first-order valence-electron chi connectivity index (χ1n) is 9.75. The van der Waals surface area contributed by atoms with Crippen LogP contribution in [0.1, 0.15) is 49.7 Å². The van der Waals surface area contributed by atoms with Gasteiger partial charge in [0.05, 0.1) is 0 Å². The van der Waals surface area contributed by atoms with Gasteiger partial charge in [0.15, 0.2) is 0 Å². The zero-order valence-electron chi connectivity index (χ0n) is 14.3. The van der Waals surface area contributed by atoms with Crippen molar-refractivity contribution in [2.45, 2.75) is 43.9 Å². The van der Waals surface area contributed by atoms with Gasteiger partial charge < -0.3 is 0 Å². The topological polar surface area (TPSA) is 0 Å². The van der Waals surface area contributed by atoms with E-state index in [0.29, 0.717) is 0 Å². The van der Waals surface area contributed by atoms with Gasteiger partial charge in [0.2, 0.25) is 0 Å². The minimum atomic E-state index is 0.153. The Labute approximate surface area is 159 Å². The Morgan fingerprint density at radius 1 is 0.760 bits per heavy atom. The first kappa shape index (κ1) is 15.1. The normalized spacial score (nSPS) is 33.4. The van der Waals surface area contributed by atoms with Crippen LogP contribution in [-0.4, -0.2) is 0 Å². The molecule has 0 N–H and O–H groups in total. The van der Waals surface area contributed by atoms with Crippen molar-refractivity contribution in [2.75, 3.05) is 0 Å². The van der Waals surface area contributed by atoms with E-state index in [9.17, 15) is 0 Å². The summed E-state index contributed by atoms with van der Waals surface area (Å²) in [4.78, 5) is 0. The van der Waals surface area contributed by atoms with E-state index in [2.05, 4.69) is 36.4 Å². The quantitative estimate of drug-likeness (QED) is 0.464. The molecule has 25 heavy (non-hydrogen) atoms. The number of hydrogen-bond acceptors (Lipinski definition) is 0. The summed E-state index contributed by atoms with van der Waals surface area (Å²) in [6.45, 7) is 0. The summed E-state index contributed by atoms with van der Waals surface area (Å²) in [7, 11) is 0. The molecule has 2 aromatic rings. The van der Waals surface area contributed by atoms with Crippen molar-refractivity contribution in [1.29, 1.82) is 0 Å². The molecule has 0 amide bonds. The molecular weight excluding hydrogens is 347 g/mol. The molecule has 0 heterocycles. The molecule has 0 radical (unpaired) electrons. The van der Waals surface area contributed by atoms with Crippen LogP contribution in [0, 0.1) is 23.7 Å². The van der Waals surface area contributed by atoms with Crippen LogP contribution in [0.25, 0.3) is 11.1 Å². The van der Waals surface area contributed by atoms with Gasteiger partial charge in [-0.25, -0.2) is 0 Å². The Balaban J connectivity index is 1.65. The van der Waals surface area contributed by atoms with Gasteiger partial charge in [0.1, 0.15) is 0 Å². The number of fused-ring (bicyclic) bond motifs is 8. The number of hydrogen-bond donors (Lipinski definition) is 0. The van der Waals surface area contributed by atoms with Crippen LogP contribution in [0.15, 0.2) is 36.4 Å². The summed E-state index contributed by atoms with van der Waals surface area (Å²) < 4.78 is 0. The van der Waals surface area contributed by atoms with Crippen LogP contribution in [0.5, 0.6) is 0 Å². The zero-order chi connectivity index (χ0) is 16.8. The molecule has 4 aliphatic rings. The molecule has 3 bridgehead atoms. The van der Waals surface area contributed by atoms with Crippen molar-refractivity contribution in [3.05, 3.63) is 57.6 Å². The van der Waals surface area contributed by atoms with Crippen LogP contribution >= 0.6 is 23.2 Å². The van der Waals surface area contributed by atoms with Gasteiger partial charge in [-0.2, -0.15) is 0 Å². The predicted molar refractivity (Wildman–Crippen MR) is 104 cm³/mol. The van der Waals surface area contributed by atoms with E-state index in [1.54, 1.807) is 0 Å². The van der Waals surface area contributed by atoms with Gasteiger partial charge in [-0.05, 0) is 102 Å². The van der Waals surface area contributed by atoms with Gasteiger partial charge in [-0.3, -0.25) is 0 Å². The molecule has 0 saturated heterocycles. The van der Waals surface area contributed by atoms with Crippen molar-refractivity contribution < 1.29 is 0 Å². The van der Waals surface area contributed by atoms with Crippen LogP contribution in [0.2, 0.25) is 10.0 Å². The second-order valence-corrected chi connectivity index (χ2v) is 9.80. The molecule has 3 fully saturated rings. The van der Waals surface area contributed by atoms with Crippen LogP contribution in [0.3, 0.4) is 0 Å². The molecule has 4 aliphatic carbocycles. The van der Waals surface area contributed by atoms with Gasteiger partial charge in [-0.1, -0.05) is 41.8 Å². The molecule has 0 nitrogen and oxygen atoms in total. The number of benzene rings is 2. The largest absolute Gasteiger partial charge is 0.0843 e. The lowest BCUT2D eigenvalue weighted by Gasteiger charge is -2.57. The Bertz CT molecular complexity index is 830. The molecule has 0 aliphatic heterocycles. The molecule has 1 spiro atoms. The van der Waals surface area contributed by atoms with Gasteiger partial charge in [0.25, 0.3) is 0 Å². The smallest absolute Gasteiger partial charge is 0.0409 e. The molecule has 2 heteroatoms. The molecule has 3 saturated carbocycles. The average molecular weight is 369 g/mol.